The Bertz CT molecular complexity index is 694. The fraction of sp³-hybridized carbons (Fsp3) is 0.0769. The van der Waals surface area contributed by atoms with Crippen molar-refractivity contribution >= 4 is 33.0 Å². The van der Waals surface area contributed by atoms with E-state index in [9.17, 15) is 0 Å². The van der Waals surface area contributed by atoms with E-state index in [1.165, 1.54) is 4.88 Å². The fourth-order valence-corrected chi connectivity index (χ4v) is 2.78. The van der Waals surface area contributed by atoms with Gasteiger partial charge in [-0.3, -0.25) is 0 Å². The summed E-state index contributed by atoms with van der Waals surface area (Å²) in [4.78, 5) is 5.59. The molecule has 0 saturated heterocycles. The highest BCUT2D eigenvalue weighted by atomic mass is 79.9. The Hall–Kier alpha value is -1.66. The van der Waals surface area contributed by atoms with Crippen LogP contribution in [0, 0.1) is 0 Å². The molecule has 0 radical (unpaired) electrons. The van der Waals surface area contributed by atoms with Gasteiger partial charge in [-0.05, 0) is 29.6 Å². The first kappa shape index (κ1) is 12.4. The summed E-state index contributed by atoms with van der Waals surface area (Å²) in [5, 5.41) is 6.02. The Balaban J connectivity index is 1.90. The molecule has 2 heterocycles. The van der Waals surface area contributed by atoms with Gasteiger partial charge >= 0.3 is 0 Å². The predicted octanol–water partition coefficient (Wildman–Crippen LogP) is 3.73. The third kappa shape index (κ3) is 2.69. The molecule has 0 aliphatic carbocycles. The van der Waals surface area contributed by atoms with Crippen LogP contribution in [0.25, 0.3) is 11.5 Å². The second kappa shape index (κ2) is 5.14. The van der Waals surface area contributed by atoms with Gasteiger partial charge in [-0.1, -0.05) is 27.2 Å². The van der Waals surface area contributed by atoms with Crippen molar-refractivity contribution < 1.29 is 4.52 Å². The average Bonchev–Trinajstić information content (AvgIpc) is 3.04. The lowest BCUT2D eigenvalue weighted by atomic mass is 10.2. The molecule has 0 aliphatic heterocycles. The van der Waals surface area contributed by atoms with Crippen molar-refractivity contribution in [1.29, 1.82) is 0 Å². The van der Waals surface area contributed by atoms with E-state index in [2.05, 4.69) is 26.1 Å². The number of benzene rings is 1. The standard InChI is InChI=1S/C13H10BrN3OS/c14-8-3-4-11(15)10(6-8)13-16-12(17-18-13)7-9-2-1-5-19-9/h1-6H,7,15H2. The number of rotatable bonds is 3. The van der Waals surface area contributed by atoms with Gasteiger partial charge < -0.3 is 10.3 Å². The van der Waals surface area contributed by atoms with Crippen LogP contribution in [-0.4, -0.2) is 10.1 Å². The van der Waals surface area contributed by atoms with E-state index in [4.69, 9.17) is 10.3 Å². The summed E-state index contributed by atoms with van der Waals surface area (Å²) >= 11 is 5.08. The van der Waals surface area contributed by atoms with Gasteiger partial charge in [-0.25, -0.2) is 0 Å². The van der Waals surface area contributed by atoms with Crippen LogP contribution in [0.5, 0.6) is 0 Å². The number of hydrogen-bond donors (Lipinski definition) is 1. The summed E-state index contributed by atoms with van der Waals surface area (Å²) in [6.45, 7) is 0. The maximum Gasteiger partial charge on any atom is 0.260 e. The van der Waals surface area contributed by atoms with Gasteiger partial charge in [0.15, 0.2) is 5.82 Å². The molecule has 0 bridgehead atoms. The Morgan fingerprint density at radius 2 is 2.21 bits per heavy atom. The molecule has 2 aromatic heterocycles. The van der Waals surface area contributed by atoms with Gasteiger partial charge in [-0.15, -0.1) is 11.3 Å². The quantitative estimate of drug-likeness (QED) is 0.740. The molecule has 2 N–H and O–H groups in total. The molecule has 0 saturated carbocycles. The molecule has 0 unspecified atom stereocenters. The second-order valence-electron chi connectivity index (χ2n) is 4.00. The van der Waals surface area contributed by atoms with Crippen LogP contribution in [0.4, 0.5) is 5.69 Å². The molecular weight excluding hydrogens is 326 g/mol. The lowest BCUT2D eigenvalue weighted by molar-refractivity contribution is 0.424. The van der Waals surface area contributed by atoms with Crippen LogP contribution in [0.15, 0.2) is 44.7 Å². The lowest BCUT2D eigenvalue weighted by Crippen LogP contribution is -1.91. The summed E-state index contributed by atoms with van der Waals surface area (Å²) in [6, 6.07) is 9.61. The summed E-state index contributed by atoms with van der Waals surface area (Å²) in [6.07, 6.45) is 0.676. The fourth-order valence-electron chi connectivity index (χ4n) is 1.72. The van der Waals surface area contributed by atoms with Gasteiger partial charge in [0.25, 0.3) is 5.89 Å². The highest BCUT2D eigenvalue weighted by Crippen LogP contribution is 2.28. The Kier molecular flexibility index (Phi) is 3.35. The van der Waals surface area contributed by atoms with Crippen LogP contribution in [0.1, 0.15) is 10.7 Å². The molecule has 6 heteroatoms. The Morgan fingerprint density at radius 3 is 3.00 bits per heavy atom. The molecule has 3 rings (SSSR count). The van der Waals surface area contributed by atoms with Crippen molar-refractivity contribution in [3.63, 3.8) is 0 Å². The summed E-state index contributed by atoms with van der Waals surface area (Å²) in [7, 11) is 0. The number of halogens is 1. The van der Waals surface area contributed by atoms with Crippen molar-refractivity contribution in [3.05, 3.63) is 50.9 Å². The molecular formula is C13H10BrN3OS. The van der Waals surface area contributed by atoms with E-state index in [1.54, 1.807) is 11.3 Å². The largest absolute Gasteiger partial charge is 0.398 e. The van der Waals surface area contributed by atoms with Crippen LogP contribution in [0.2, 0.25) is 0 Å². The zero-order valence-electron chi connectivity index (χ0n) is 9.84. The Morgan fingerprint density at radius 1 is 1.32 bits per heavy atom. The second-order valence-corrected chi connectivity index (χ2v) is 5.95. The van der Waals surface area contributed by atoms with Crippen LogP contribution < -0.4 is 5.73 Å². The van der Waals surface area contributed by atoms with Crippen molar-refractivity contribution in [2.45, 2.75) is 6.42 Å². The van der Waals surface area contributed by atoms with Crippen LogP contribution in [-0.2, 0) is 6.42 Å². The van der Waals surface area contributed by atoms with Crippen LogP contribution in [0.3, 0.4) is 0 Å². The molecule has 0 atom stereocenters. The van der Waals surface area contributed by atoms with Gasteiger partial charge in [-0.2, -0.15) is 4.98 Å². The third-order valence-corrected chi connectivity index (χ3v) is 4.00. The zero-order valence-corrected chi connectivity index (χ0v) is 12.2. The zero-order chi connectivity index (χ0) is 13.2. The summed E-state index contributed by atoms with van der Waals surface area (Å²) < 4.78 is 6.20. The van der Waals surface area contributed by atoms with Gasteiger partial charge in [0.1, 0.15) is 0 Å². The first-order valence-electron chi connectivity index (χ1n) is 5.63. The molecule has 0 fully saturated rings. The van der Waals surface area contributed by atoms with E-state index in [0.29, 0.717) is 23.8 Å². The van der Waals surface area contributed by atoms with Crippen molar-refractivity contribution in [3.8, 4) is 11.5 Å². The molecule has 96 valence electrons. The molecule has 1 aromatic carbocycles. The minimum Gasteiger partial charge on any atom is -0.398 e. The van der Waals surface area contributed by atoms with Gasteiger partial charge in [0.05, 0.1) is 5.56 Å². The van der Waals surface area contributed by atoms with E-state index in [0.717, 1.165) is 10.0 Å². The highest BCUT2D eigenvalue weighted by Gasteiger charge is 2.12. The number of nitrogens with two attached hydrogens (primary N) is 1. The summed E-state index contributed by atoms with van der Waals surface area (Å²) in [5.74, 6) is 1.11. The third-order valence-electron chi connectivity index (χ3n) is 2.63. The van der Waals surface area contributed by atoms with Crippen molar-refractivity contribution in [2.24, 2.45) is 0 Å². The number of thiophene rings is 1. The average molecular weight is 336 g/mol. The van der Waals surface area contributed by atoms with Crippen molar-refractivity contribution in [1.82, 2.24) is 10.1 Å². The van der Waals surface area contributed by atoms with E-state index in [1.807, 2.05) is 35.7 Å². The number of anilines is 1. The normalized spacial score (nSPS) is 10.8. The SMILES string of the molecule is Nc1ccc(Br)cc1-c1nc(Cc2cccs2)no1. The molecule has 0 spiro atoms. The van der Waals surface area contributed by atoms with Gasteiger partial charge in [0.2, 0.25) is 0 Å². The monoisotopic (exact) mass is 335 g/mol. The maximum atomic E-state index is 5.92. The van der Waals surface area contributed by atoms with E-state index in [-0.39, 0.29) is 0 Å². The smallest absolute Gasteiger partial charge is 0.260 e. The lowest BCUT2D eigenvalue weighted by Gasteiger charge is -2.00. The van der Waals surface area contributed by atoms with E-state index < -0.39 is 0 Å². The van der Waals surface area contributed by atoms with Crippen LogP contribution >= 0.6 is 27.3 Å². The number of aromatic nitrogens is 2. The predicted molar refractivity (Wildman–Crippen MR) is 79.0 cm³/mol. The maximum absolute atomic E-state index is 5.92. The van der Waals surface area contributed by atoms with E-state index >= 15 is 0 Å². The molecule has 3 aromatic rings. The molecule has 19 heavy (non-hydrogen) atoms. The highest BCUT2D eigenvalue weighted by molar-refractivity contribution is 9.10. The number of nitrogens with zero attached hydrogens (tertiary/aromatic N) is 2. The minimum absolute atomic E-state index is 0.449. The molecule has 0 amide bonds. The van der Waals surface area contributed by atoms with Gasteiger partial charge in [0, 0.05) is 21.5 Å². The minimum atomic E-state index is 0.449. The summed E-state index contributed by atoms with van der Waals surface area (Å²) in [5.41, 5.74) is 7.29. The number of nitrogen functional groups attached to an aromatic ring is 1. The Labute approximate surface area is 122 Å². The van der Waals surface area contributed by atoms with Crippen molar-refractivity contribution in [2.75, 3.05) is 5.73 Å². The number of hydrogen-bond acceptors (Lipinski definition) is 5. The molecule has 4 nitrogen and oxygen atoms in total. The topological polar surface area (TPSA) is 64.9 Å². The first-order chi connectivity index (χ1) is 9.22. The first-order valence-corrected chi connectivity index (χ1v) is 7.30. The molecule has 0 aliphatic rings.